The first-order chi connectivity index (χ1) is 8.58. The third-order valence-electron chi connectivity index (χ3n) is 2.48. The van der Waals surface area contributed by atoms with Gasteiger partial charge in [-0.3, -0.25) is 0 Å². The van der Waals surface area contributed by atoms with Gasteiger partial charge in [-0.25, -0.2) is 0 Å². The Labute approximate surface area is 125 Å². The molecule has 0 atom stereocenters. The number of ether oxygens (including phenoxy) is 2. The van der Waals surface area contributed by atoms with Crippen molar-refractivity contribution in [3.8, 4) is 0 Å². The maximum absolute atomic E-state index is 5.83. The molecule has 0 radical (unpaired) electrons. The van der Waals surface area contributed by atoms with Gasteiger partial charge in [0.2, 0.25) is 0 Å². The standard InChI is InChI=1S/C16H25BrO2/c1-15(2,3)18-10-12-8-7-9-13(14(12)17)11-19-16(4,5)6/h7-9H,10-11H2,1-6H3. The fourth-order valence-electron chi connectivity index (χ4n) is 1.44. The van der Waals surface area contributed by atoms with E-state index in [2.05, 4.69) is 69.6 Å². The highest BCUT2D eigenvalue weighted by molar-refractivity contribution is 9.10. The van der Waals surface area contributed by atoms with Crippen molar-refractivity contribution in [2.45, 2.75) is 66.0 Å². The van der Waals surface area contributed by atoms with Crippen molar-refractivity contribution >= 4 is 15.9 Å². The molecule has 0 bridgehead atoms. The monoisotopic (exact) mass is 328 g/mol. The third kappa shape index (κ3) is 6.55. The van der Waals surface area contributed by atoms with Crippen LogP contribution in [0.5, 0.6) is 0 Å². The Kier molecular flexibility index (Phi) is 5.60. The first kappa shape index (κ1) is 16.7. The molecule has 19 heavy (non-hydrogen) atoms. The van der Waals surface area contributed by atoms with Crippen LogP contribution in [-0.2, 0) is 22.7 Å². The summed E-state index contributed by atoms with van der Waals surface area (Å²) in [5.41, 5.74) is 2.06. The predicted octanol–water partition coefficient (Wildman–Crippen LogP) is 5.08. The van der Waals surface area contributed by atoms with E-state index < -0.39 is 0 Å². The first-order valence-corrected chi connectivity index (χ1v) is 7.42. The van der Waals surface area contributed by atoms with Gasteiger partial charge < -0.3 is 9.47 Å². The zero-order valence-electron chi connectivity index (χ0n) is 12.8. The number of benzene rings is 1. The molecule has 0 saturated heterocycles. The predicted molar refractivity (Wildman–Crippen MR) is 83.2 cm³/mol. The number of hydrogen-bond donors (Lipinski definition) is 0. The van der Waals surface area contributed by atoms with Gasteiger partial charge in [-0.2, -0.15) is 0 Å². The van der Waals surface area contributed by atoms with Crippen LogP contribution in [0.2, 0.25) is 0 Å². The maximum Gasteiger partial charge on any atom is 0.0735 e. The molecule has 2 nitrogen and oxygen atoms in total. The zero-order chi connectivity index (χ0) is 14.7. The molecule has 0 amide bonds. The van der Waals surface area contributed by atoms with Crippen LogP contribution in [-0.4, -0.2) is 11.2 Å². The van der Waals surface area contributed by atoms with Gasteiger partial charge in [0.1, 0.15) is 0 Å². The van der Waals surface area contributed by atoms with E-state index in [-0.39, 0.29) is 11.2 Å². The molecule has 0 saturated carbocycles. The Morgan fingerprint density at radius 1 is 0.842 bits per heavy atom. The average molecular weight is 329 g/mol. The van der Waals surface area contributed by atoms with E-state index >= 15 is 0 Å². The van der Waals surface area contributed by atoms with Crippen LogP contribution in [0.3, 0.4) is 0 Å². The molecule has 0 N–H and O–H groups in total. The van der Waals surface area contributed by atoms with Crippen LogP contribution in [0.1, 0.15) is 52.7 Å². The molecule has 0 spiro atoms. The van der Waals surface area contributed by atoms with Gasteiger partial charge in [-0.1, -0.05) is 34.1 Å². The summed E-state index contributed by atoms with van der Waals surface area (Å²) in [6.07, 6.45) is 0. The van der Waals surface area contributed by atoms with Gasteiger partial charge in [-0.15, -0.1) is 0 Å². The summed E-state index contributed by atoms with van der Waals surface area (Å²) in [5.74, 6) is 0. The van der Waals surface area contributed by atoms with Crippen molar-refractivity contribution < 1.29 is 9.47 Å². The van der Waals surface area contributed by atoms with Gasteiger partial charge in [0.25, 0.3) is 0 Å². The molecule has 0 aliphatic heterocycles. The molecule has 108 valence electrons. The second-order valence-electron chi connectivity index (χ2n) is 6.69. The number of halogens is 1. The van der Waals surface area contributed by atoms with Crippen molar-refractivity contribution in [1.82, 2.24) is 0 Å². The van der Waals surface area contributed by atoms with E-state index in [9.17, 15) is 0 Å². The summed E-state index contributed by atoms with van der Waals surface area (Å²) in [6.45, 7) is 13.6. The SMILES string of the molecule is CC(C)(C)OCc1cccc(COC(C)(C)C)c1Br. The van der Waals surface area contributed by atoms with Crippen molar-refractivity contribution in [1.29, 1.82) is 0 Å². The lowest BCUT2D eigenvalue weighted by Gasteiger charge is -2.22. The maximum atomic E-state index is 5.83. The highest BCUT2D eigenvalue weighted by Crippen LogP contribution is 2.26. The minimum atomic E-state index is -0.128. The van der Waals surface area contributed by atoms with Gasteiger partial charge in [0.05, 0.1) is 24.4 Å². The van der Waals surface area contributed by atoms with E-state index in [4.69, 9.17) is 9.47 Å². The summed E-state index contributed by atoms with van der Waals surface area (Å²) in [6, 6.07) is 6.21. The zero-order valence-corrected chi connectivity index (χ0v) is 14.4. The van der Waals surface area contributed by atoms with Gasteiger partial charge in [0.15, 0.2) is 0 Å². The van der Waals surface area contributed by atoms with E-state index in [1.165, 1.54) is 0 Å². The lowest BCUT2D eigenvalue weighted by Crippen LogP contribution is -2.20. The van der Waals surface area contributed by atoms with Crippen LogP contribution >= 0.6 is 15.9 Å². The van der Waals surface area contributed by atoms with Crippen molar-refractivity contribution in [2.75, 3.05) is 0 Å². The van der Waals surface area contributed by atoms with E-state index in [0.29, 0.717) is 13.2 Å². The summed E-state index contributed by atoms with van der Waals surface area (Å²) in [5, 5.41) is 0. The second-order valence-corrected chi connectivity index (χ2v) is 7.49. The lowest BCUT2D eigenvalue weighted by molar-refractivity contribution is -0.0176. The second kappa shape index (κ2) is 6.38. The van der Waals surface area contributed by atoms with Gasteiger partial charge in [0, 0.05) is 4.47 Å². The minimum absolute atomic E-state index is 0.128. The Morgan fingerprint density at radius 2 is 1.21 bits per heavy atom. The molecule has 1 aromatic rings. The van der Waals surface area contributed by atoms with Gasteiger partial charge in [-0.05, 0) is 52.7 Å². The lowest BCUT2D eigenvalue weighted by atomic mass is 10.1. The Balaban J connectivity index is 2.75. The number of hydrogen-bond acceptors (Lipinski definition) is 2. The molecule has 3 heteroatoms. The van der Waals surface area contributed by atoms with Crippen LogP contribution < -0.4 is 0 Å². The van der Waals surface area contributed by atoms with Crippen LogP contribution in [0.15, 0.2) is 22.7 Å². The summed E-state index contributed by atoms with van der Waals surface area (Å²) >= 11 is 3.66. The molecule has 1 aromatic carbocycles. The quantitative estimate of drug-likeness (QED) is 0.767. The van der Waals surface area contributed by atoms with E-state index in [0.717, 1.165) is 15.6 Å². The molecule has 0 heterocycles. The van der Waals surface area contributed by atoms with Crippen molar-refractivity contribution in [3.63, 3.8) is 0 Å². The fraction of sp³-hybridized carbons (Fsp3) is 0.625. The largest absolute Gasteiger partial charge is 0.371 e. The fourth-order valence-corrected chi connectivity index (χ4v) is 1.94. The molecular formula is C16H25BrO2. The Morgan fingerprint density at radius 3 is 1.53 bits per heavy atom. The first-order valence-electron chi connectivity index (χ1n) is 6.63. The van der Waals surface area contributed by atoms with E-state index in [1.54, 1.807) is 0 Å². The number of rotatable bonds is 4. The van der Waals surface area contributed by atoms with Crippen molar-refractivity contribution in [3.05, 3.63) is 33.8 Å². The smallest absolute Gasteiger partial charge is 0.0735 e. The molecule has 0 aliphatic carbocycles. The van der Waals surface area contributed by atoms with Crippen LogP contribution in [0.25, 0.3) is 0 Å². The normalized spacial score (nSPS) is 12.8. The summed E-state index contributed by atoms with van der Waals surface area (Å²) < 4.78 is 12.7. The van der Waals surface area contributed by atoms with Crippen molar-refractivity contribution in [2.24, 2.45) is 0 Å². The topological polar surface area (TPSA) is 18.5 Å². The van der Waals surface area contributed by atoms with E-state index in [1.807, 2.05) is 6.07 Å². The molecule has 0 fully saturated rings. The molecular weight excluding hydrogens is 304 g/mol. The summed E-state index contributed by atoms with van der Waals surface area (Å²) in [7, 11) is 0. The Hall–Kier alpha value is -0.380. The van der Waals surface area contributed by atoms with Crippen LogP contribution in [0.4, 0.5) is 0 Å². The summed E-state index contributed by atoms with van der Waals surface area (Å²) in [4.78, 5) is 0. The molecule has 0 aliphatic rings. The Bertz CT molecular complexity index is 377. The van der Waals surface area contributed by atoms with Crippen LogP contribution in [0, 0.1) is 0 Å². The highest BCUT2D eigenvalue weighted by Gasteiger charge is 2.15. The highest BCUT2D eigenvalue weighted by atomic mass is 79.9. The molecule has 0 aromatic heterocycles. The molecule has 0 unspecified atom stereocenters. The average Bonchev–Trinajstić information content (AvgIpc) is 2.23. The third-order valence-corrected chi connectivity index (χ3v) is 3.50. The van der Waals surface area contributed by atoms with Gasteiger partial charge >= 0.3 is 0 Å². The minimum Gasteiger partial charge on any atom is -0.371 e. The molecule has 1 rings (SSSR count).